The maximum atomic E-state index is 10.5. The molecule has 3 rings (SSSR count). The van der Waals surface area contributed by atoms with E-state index in [1.54, 1.807) is 31.5 Å². The van der Waals surface area contributed by atoms with Crippen LogP contribution >= 0.6 is 0 Å². The maximum Gasteiger partial charge on any atom is 0.161 e. The Bertz CT molecular complexity index is 1070. The van der Waals surface area contributed by atoms with Gasteiger partial charge in [-0.3, -0.25) is 5.43 Å². The number of hydrogen-bond donors (Lipinski definition) is 1. The van der Waals surface area contributed by atoms with Crippen molar-refractivity contribution in [3.8, 4) is 17.2 Å². The molecular formula is C21H20N3O5-. The molecule has 1 N–H and O–H groups in total. The fourth-order valence-corrected chi connectivity index (χ4v) is 2.76. The Labute approximate surface area is 167 Å². The van der Waals surface area contributed by atoms with Crippen molar-refractivity contribution in [1.82, 2.24) is 4.98 Å². The van der Waals surface area contributed by atoms with Gasteiger partial charge in [-0.2, -0.15) is 5.10 Å². The number of benzene rings is 2. The number of carbonyl (C=O) groups is 1. The Balaban J connectivity index is 1.76. The molecule has 0 unspecified atom stereocenters. The second-order valence-corrected chi connectivity index (χ2v) is 6.15. The predicted molar refractivity (Wildman–Crippen MR) is 108 cm³/mol. The summed E-state index contributed by atoms with van der Waals surface area (Å²) in [6, 6.07) is 12.7. The molecule has 0 fully saturated rings. The van der Waals surface area contributed by atoms with Gasteiger partial charge in [0.2, 0.25) is 0 Å². The molecule has 0 saturated carbocycles. The van der Waals surface area contributed by atoms with E-state index in [0.29, 0.717) is 17.3 Å². The summed E-state index contributed by atoms with van der Waals surface area (Å²) < 4.78 is 15.6. The van der Waals surface area contributed by atoms with Gasteiger partial charge in [0, 0.05) is 11.5 Å². The number of pyridine rings is 1. The molecule has 2 aromatic carbocycles. The number of nitrogens with one attached hydrogen (secondary N) is 1. The summed E-state index contributed by atoms with van der Waals surface area (Å²) in [5.74, 6) is 0.723. The predicted octanol–water partition coefficient (Wildman–Crippen LogP) is 2.14. The Hall–Kier alpha value is -3.81. The van der Waals surface area contributed by atoms with Crippen LogP contribution in [0, 0.1) is 6.92 Å². The zero-order valence-electron chi connectivity index (χ0n) is 16.3. The van der Waals surface area contributed by atoms with E-state index in [-0.39, 0.29) is 0 Å². The highest BCUT2D eigenvalue weighted by Crippen LogP contribution is 2.27. The molecular weight excluding hydrogens is 374 g/mol. The molecule has 0 aliphatic rings. The van der Waals surface area contributed by atoms with E-state index in [1.165, 1.54) is 7.11 Å². The molecule has 3 aromatic rings. The quantitative estimate of drug-likeness (QED) is 0.461. The molecule has 0 amide bonds. The number of methoxy groups -OCH3 is 2. The number of aliphatic carboxylic acids is 1. The number of carboxylic acids is 1. The third kappa shape index (κ3) is 4.92. The van der Waals surface area contributed by atoms with Crippen LogP contribution in [0.4, 0.5) is 5.82 Å². The van der Waals surface area contributed by atoms with E-state index >= 15 is 0 Å². The van der Waals surface area contributed by atoms with Crippen LogP contribution in [-0.4, -0.2) is 38.0 Å². The van der Waals surface area contributed by atoms with Gasteiger partial charge in [-0.05, 0) is 54.4 Å². The minimum atomic E-state index is -1.31. The second kappa shape index (κ2) is 8.92. The standard InChI is InChI=1S/C21H21N3O5/c1-13-8-20(23-17-10-15(27-2)5-6-16(13)17)24-22-11-14-4-7-18(19(9-14)28-3)29-12-21(25)26/h4-11H,12H2,1-3H3,(H,23,24)(H,25,26)/p-1/b22-11-. The number of fused-ring (bicyclic) bond motifs is 1. The van der Waals surface area contributed by atoms with Gasteiger partial charge in [0.25, 0.3) is 0 Å². The monoisotopic (exact) mass is 394 g/mol. The third-order valence-electron chi connectivity index (χ3n) is 4.15. The van der Waals surface area contributed by atoms with Crippen LogP contribution in [0.15, 0.2) is 47.6 Å². The Morgan fingerprint density at radius 2 is 1.97 bits per heavy atom. The number of nitrogens with zero attached hydrogens (tertiary/aromatic N) is 2. The molecule has 1 aromatic heterocycles. The van der Waals surface area contributed by atoms with Crippen LogP contribution in [0.3, 0.4) is 0 Å². The molecule has 8 nitrogen and oxygen atoms in total. The lowest BCUT2D eigenvalue weighted by Crippen LogP contribution is -2.29. The van der Waals surface area contributed by atoms with Gasteiger partial charge in [-0.1, -0.05) is 0 Å². The lowest BCUT2D eigenvalue weighted by Gasteiger charge is -2.11. The fourth-order valence-electron chi connectivity index (χ4n) is 2.76. The summed E-state index contributed by atoms with van der Waals surface area (Å²) in [6.07, 6.45) is 1.60. The minimum absolute atomic E-state index is 0.308. The molecule has 0 aliphatic carbocycles. The summed E-state index contributed by atoms with van der Waals surface area (Å²) in [6.45, 7) is 1.45. The topological polar surface area (TPSA) is 105 Å². The van der Waals surface area contributed by atoms with Crippen molar-refractivity contribution in [3.63, 3.8) is 0 Å². The molecule has 0 spiro atoms. The SMILES string of the molecule is COc1ccc2c(C)cc(N/N=C\c3ccc(OCC(=O)[O-])c(OC)c3)nc2c1. The van der Waals surface area contributed by atoms with Crippen molar-refractivity contribution < 1.29 is 24.1 Å². The highest BCUT2D eigenvalue weighted by atomic mass is 16.5. The van der Waals surface area contributed by atoms with Gasteiger partial charge < -0.3 is 24.1 Å². The Morgan fingerprint density at radius 3 is 2.69 bits per heavy atom. The number of hydrogen-bond acceptors (Lipinski definition) is 8. The van der Waals surface area contributed by atoms with Crippen LogP contribution in [0.2, 0.25) is 0 Å². The number of anilines is 1. The molecule has 0 radical (unpaired) electrons. The van der Waals surface area contributed by atoms with Crippen molar-refractivity contribution in [2.75, 3.05) is 26.3 Å². The maximum absolute atomic E-state index is 10.5. The van der Waals surface area contributed by atoms with Crippen LogP contribution < -0.4 is 24.7 Å². The summed E-state index contributed by atoms with van der Waals surface area (Å²) >= 11 is 0. The van der Waals surface area contributed by atoms with Crippen LogP contribution in [0.5, 0.6) is 17.2 Å². The first-order valence-electron chi connectivity index (χ1n) is 8.75. The first-order chi connectivity index (χ1) is 14.0. The summed E-state index contributed by atoms with van der Waals surface area (Å²) in [5.41, 5.74) is 5.51. The first-order valence-corrected chi connectivity index (χ1v) is 8.75. The number of hydrazone groups is 1. The van der Waals surface area contributed by atoms with E-state index < -0.39 is 12.6 Å². The Kier molecular flexibility index (Phi) is 6.13. The minimum Gasteiger partial charge on any atom is -0.546 e. The first kappa shape index (κ1) is 19.9. The number of ether oxygens (including phenoxy) is 3. The van der Waals surface area contributed by atoms with Crippen LogP contribution in [0.25, 0.3) is 10.9 Å². The number of aromatic nitrogens is 1. The number of carboxylic acid groups (broad SMARTS) is 1. The van der Waals surface area contributed by atoms with E-state index in [2.05, 4.69) is 15.5 Å². The van der Waals surface area contributed by atoms with E-state index in [4.69, 9.17) is 14.2 Å². The van der Waals surface area contributed by atoms with Gasteiger partial charge in [0.1, 0.15) is 18.2 Å². The molecule has 0 atom stereocenters. The van der Waals surface area contributed by atoms with E-state index in [1.807, 2.05) is 31.2 Å². The lowest BCUT2D eigenvalue weighted by atomic mass is 10.1. The van der Waals surface area contributed by atoms with Crippen molar-refractivity contribution >= 4 is 28.9 Å². The smallest absolute Gasteiger partial charge is 0.161 e. The van der Waals surface area contributed by atoms with E-state index in [0.717, 1.165) is 27.8 Å². The number of carbonyl (C=O) groups excluding carboxylic acids is 1. The zero-order chi connectivity index (χ0) is 20.8. The van der Waals surface area contributed by atoms with Crippen molar-refractivity contribution in [1.29, 1.82) is 0 Å². The molecule has 29 heavy (non-hydrogen) atoms. The normalized spacial score (nSPS) is 10.9. The largest absolute Gasteiger partial charge is 0.546 e. The van der Waals surface area contributed by atoms with Crippen molar-refractivity contribution in [2.24, 2.45) is 5.10 Å². The molecule has 0 aliphatic heterocycles. The summed E-state index contributed by atoms with van der Waals surface area (Å²) in [7, 11) is 3.08. The molecule has 0 bridgehead atoms. The summed E-state index contributed by atoms with van der Waals surface area (Å²) in [4.78, 5) is 15.1. The average molecular weight is 394 g/mol. The lowest BCUT2D eigenvalue weighted by molar-refractivity contribution is -0.307. The Morgan fingerprint density at radius 1 is 1.14 bits per heavy atom. The zero-order valence-corrected chi connectivity index (χ0v) is 16.3. The number of rotatable bonds is 8. The highest BCUT2D eigenvalue weighted by Gasteiger charge is 2.06. The molecule has 0 saturated heterocycles. The van der Waals surface area contributed by atoms with Gasteiger partial charge in [-0.25, -0.2) is 4.98 Å². The third-order valence-corrected chi connectivity index (χ3v) is 4.15. The highest BCUT2D eigenvalue weighted by molar-refractivity contribution is 5.85. The molecule has 150 valence electrons. The van der Waals surface area contributed by atoms with Gasteiger partial charge in [0.15, 0.2) is 11.5 Å². The van der Waals surface area contributed by atoms with E-state index in [9.17, 15) is 9.90 Å². The summed E-state index contributed by atoms with van der Waals surface area (Å²) in [5, 5.41) is 15.8. The fraction of sp³-hybridized carbons (Fsp3) is 0.190. The van der Waals surface area contributed by atoms with Gasteiger partial charge in [-0.15, -0.1) is 0 Å². The van der Waals surface area contributed by atoms with Crippen LogP contribution in [-0.2, 0) is 4.79 Å². The molecule has 1 heterocycles. The van der Waals surface area contributed by atoms with Gasteiger partial charge in [0.05, 0.1) is 31.9 Å². The van der Waals surface area contributed by atoms with Crippen LogP contribution in [0.1, 0.15) is 11.1 Å². The van der Waals surface area contributed by atoms with Gasteiger partial charge >= 0.3 is 0 Å². The number of aryl methyl sites for hydroxylation is 1. The molecule has 8 heteroatoms. The van der Waals surface area contributed by atoms with Crippen molar-refractivity contribution in [3.05, 3.63) is 53.6 Å². The second-order valence-electron chi connectivity index (χ2n) is 6.15. The van der Waals surface area contributed by atoms with Crippen molar-refractivity contribution in [2.45, 2.75) is 6.92 Å². The average Bonchev–Trinajstić information content (AvgIpc) is 2.72.